The maximum atomic E-state index is 10.1. The number of carboxylic acid groups (broad SMARTS) is 3. The molecule has 0 aliphatic heterocycles. The minimum Gasteiger partial charge on any atom is -0.481 e. The van der Waals surface area contributed by atoms with Gasteiger partial charge in [-0.2, -0.15) is 0 Å². The first-order valence-corrected chi connectivity index (χ1v) is 4.60. The minimum atomic E-state index is -0.986. The minimum absolute atomic E-state index is 0.317. The summed E-state index contributed by atoms with van der Waals surface area (Å²) in [5.74, 6) is -2.94. The number of carbonyl (C=O) groups is 3. The largest absolute Gasteiger partial charge is 0.481 e. The second-order valence-electron chi connectivity index (χ2n) is 3.43. The van der Waals surface area contributed by atoms with Crippen LogP contribution in [0.1, 0.15) is 13.8 Å². The molecule has 0 saturated heterocycles. The lowest BCUT2D eigenvalue weighted by Crippen LogP contribution is -2.27. The van der Waals surface area contributed by atoms with Crippen LogP contribution in [0.5, 0.6) is 0 Å². The van der Waals surface area contributed by atoms with E-state index in [1.807, 2.05) is 0 Å². The topological polar surface area (TPSA) is 132 Å². The Morgan fingerprint density at radius 3 is 1.22 bits per heavy atom. The maximum Gasteiger partial charge on any atom is 0.327 e. The lowest BCUT2D eigenvalue weighted by atomic mass is 9.96. The molecule has 4 N–H and O–H groups in total. The highest BCUT2D eigenvalue weighted by Crippen LogP contribution is 2.12. The monoisotopic (exact) mass is 262 g/mol. The van der Waals surface area contributed by atoms with Crippen molar-refractivity contribution in [3.05, 3.63) is 25.3 Å². The Morgan fingerprint density at radius 1 is 1.00 bits per heavy atom. The van der Waals surface area contributed by atoms with Gasteiger partial charge in [-0.3, -0.25) is 4.79 Å². The summed E-state index contributed by atoms with van der Waals surface area (Å²) < 4.78 is 0. The summed E-state index contributed by atoms with van der Waals surface area (Å²) in [5.41, 5.74) is -0.986. The van der Waals surface area contributed by atoms with E-state index in [-0.39, 0.29) is 6.61 Å². The molecule has 0 aliphatic carbocycles. The van der Waals surface area contributed by atoms with Gasteiger partial charge in [0.05, 0.1) is 12.0 Å². The van der Waals surface area contributed by atoms with Crippen molar-refractivity contribution in [2.24, 2.45) is 5.41 Å². The Labute approximate surface area is 105 Å². The molecule has 0 fully saturated rings. The molecular weight excluding hydrogens is 244 g/mol. The first-order chi connectivity index (χ1) is 8.04. The first kappa shape index (κ1) is 21.2. The third-order valence-electron chi connectivity index (χ3n) is 1.32. The molecule has 0 amide bonds. The van der Waals surface area contributed by atoms with E-state index in [1.165, 1.54) is 13.8 Å². The maximum absolute atomic E-state index is 10.1. The molecule has 0 saturated carbocycles. The van der Waals surface area contributed by atoms with Crippen molar-refractivity contribution in [1.29, 1.82) is 0 Å². The Kier molecular flexibility index (Phi) is 13.3. The summed E-state index contributed by atoms with van der Waals surface area (Å²) in [6.07, 6.45) is 1.67. The van der Waals surface area contributed by atoms with E-state index < -0.39 is 23.3 Å². The first-order valence-electron chi connectivity index (χ1n) is 4.60. The number of aliphatic carboxylic acids is 3. The molecule has 0 atom stereocenters. The van der Waals surface area contributed by atoms with Crippen molar-refractivity contribution in [2.45, 2.75) is 13.8 Å². The molecule has 7 nitrogen and oxygen atoms in total. The van der Waals surface area contributed by atoms with E-state index >= 15 is 0 Å². The summed E-state index contributed by atoms with van der Waals surface area (Å²) in [5, 5.41) is 31.9. The van der Waals surface area contributed by atoms with E-state index in [4.69, 9.17) is 20.4 Å². The van der Waals surface area contributed by atoms with E-state index in [0.717, 1.165) is 12.2 Å². The highest BCUT2D eigenvalue weighted by molar-refractivity contribution is 5.79. The van der Waals surface area contributed by atoms with E-state index in [9.17, 15) is 14.4 Å². The fourth-order valence-electron chi connectivity index (χ4n) is 0.0676. The van der Waals surface area contributed by atoms with E-state index in [2.05, 4.69) is 13.2 Å². The van der Waals surface area contributed by atoms with Gasteiger partial charge in [-0.15, -0.1) is 0 Å². The molecule has 104 valence electrons. The molecule has 0 unspecified atom stereocenters. The molecule has 0 aromatic carbocycles. The number of aliphatic hydroxyl groups is 1. The van der Waals surface area contributed by atoms with Gasteiger partial charge in [-0.25, -0.2) is 9.59 Å². The van der Waals surface area contributed by atoms with Crippen LogP contribution in [-0.2, 0) is 14.4 Å². The lowest BCUT2D eigenvalue weighted by Gasteiger charge is -2.13. The lowest BCUT2D eigenvalue weighted by molar-refractivity contribution is -0.149. The summed E-state index contributed by atoms with van der Waals surface area (Å²) in [4.78, 5) is 28.6. The quantitative estimate of drug-likeness (QED) is 0.545. The van der Waals surface area contributed by atoms with Crippen molar-refractivity contribution in [3.63, 3.8) is 0 Å². The summed E-state index contributed by atoms with van der Waals surface area (Å²) in [6, 6.07) is 0. The van der Waals surface area contributed by atoms with Gasteiger partial charge in [0.2, 0.25) is 0 Å². The van der Waals surface area contributed by atoms with Crippen LogP contribution < -0.4 is 0 Å². The fourth-order valence-corrected chi connectivity index (χ4v) is 0.0676. The Balaban J connectivity index is -0.000000197. The van der Waals surface area contributed by atoms with Gasteiger partial charge >= 0.3 is 17.9 Å². The van der Waals surface area contributed by atoms with Crippen LogP contribution in [0, 0.1) is 5.41 Å². The number of hydrogen-bond acceptors (Lipinski definition) is 4. The molecule has 0 aromatic heterocycles. The summed E-state index contributed by atoms with van der Waals surface area (Å²) >= 11 is 0. The van der Waals surface area contributed by atoms with E-state index in [1.54, 1.807) is 0 Å². The molecule has 0 aromatic rings. The molecule has 0 radical (unpaired) electrons. The smallest absolute Gasteiger partial charge is 0.327 e. The number of hydrogen-bond donors (Lipinski definition) is 4. The third kappa shape index (κ3) is 19.4. The van der Waals surface area contributed by atoms with Crippen molar-refractivity contribution >= 4 is 17.9 Å². The molecule has 18 heavy (non-hydrogen) atoms. The van der Waals surface area contributed by atoms with Crippen LogP contribution in [0.15, 0.2) is 25.3 Å². The molecule has 0 bridgehead atoms. The molecular formula is C11H18O7. The van der Waals surface area contributed by atoms with Crippen molar-refractivity contribution in [2.75, 3.05) is 6.61 Å². The highest BCUT2D eigenvalue weighted by Gasteiger charge is 2.25. The average molecular weight is 262 g/mol. The van der Waals surface area contributed by atoms with Gasteiger partial charge in [0.1, 0.15) is 0 Å². The van der Waals surface area contributed by atoms with Crippen LogP contribution in [0.3, 0.4) is 0 Å². The standard InChI is InChI=1S/C5H10O3.2C3H4O2/c1-5(2,3-6)4(7)8;2*1-2-3(4)5/h6H,3H2,1-2H3,(H,7,8);2*2H,1H2,(H,4,5). The van der Waals surface area contributed by atoms with Crippen LogP contribution in [0.25, 0.3) is 0 Å². The predicted molar refractivity (Wildman–Crippen MR) is 64.2 cm³/mol. The molecule has 0 spiro atoms. The van der Waals surface area contributed by atoms with Crippen molar-refractivity contribution < 1.29 is 34.8 Å². The van der Waals surface area contributed by atoms with Gasteiger partial charge < -0.3 is 20.4 Å². The normalized spacial score (nSPS) is 8.61. The molecule has 0 rings (SSSR count). The summed E-state index contributed by atoms with van der Waals surface area (Å²) in [7, 11) is 0. The van der Waals surface area contributed by atoms with Crippen molar-refractivity contribution in [3.8, 4) is 0 Å². The third-order valence-corrected chi connectivity index (χ3v) is 1.32. The fraction of sp³-hybridized carbons (Fsp3) is 0.364. The van der Waals surface area contributed by atoms with Gasteiger partial charge in [0.25, 0.3) is 0 Å². The van der Waals surface area contributed by atoms with Gasteiger partial charge in [-0.05, 0) is 13.8 Å². The zero-order valence-corrected chi connectivity index (χ0v) is 10.3. The number of rotatable bonds is 4. The van der Waals surface area contributed by atoms with Gasteiger partial charge in [-0.1, -0.05) is 13.2 Å². The van der Waals surface area contributed by atoms with Gasteiger partial charge in [0, 0.05) is 12.2 Å². The predicted octanol–water partition coefficient (Wildman–Crippen LogP) is 0.603. The summed E-state index contributed by atoms with van der Waals surface area (Å²) in [6.45, 7) is 8.54. The second kappa shape index (κ2) is 11.3. The zero-order valence-electron chi connectivity index (χ0n) is 10.3. The average Bonchev–Trinajstić information content (AvgIpc) is 2.30. The Hall–Kier alpha value is -2.15. The Morgan fingerprint density at radius 2 is 1.22 bits per heavy atom. The Bertz CT molecular complexity index is 287. The second-order valence-corrected chi connectivity index (χ2v) is 3.43. The van der Waals surface area contributed by atoms with Crippen molar-refractivity contribution in [1.82, 2.24) is 0 Å². The number of aliphatic hydroxyl groups excluding tert-OH is 1. The molecule has 0 heterocycles. The highest BCUT2D eigenvalue weighted by atomic mass is 16.4. The zero-order chi connectivity index (χ0) is 15.4. The van der Waals surface area contributed by atoms with E-state index in [0.29, 0.717) is 0 Å². The molecule has 0 aliphatic rings. The van der Waals surface area contributed by atoms with Crippen LogP contribution >= 0.6 is 0 Å². The SMILES string of the molecule is C=CC(=O)O.C=CC(=O)O.CC(C)(CO)C(=O)O. The van der Waals surface area contributed by atoms with Crippen LogP contribution in [0.4, 0.5) is 0 Å². The van der Waals surface area contributed by atoms with Gasteiger partial charge in [0.15, 0.2) is 0 Å². The van der Waals surface area contributed by atoms with Crippen LogP contribution in [0.2, 0.25) is 0 Å². The molecule has 7 heteroatoms. The van der Waals surface area contributed by atoms with Crippen LogP contribution in [-0.4, -0.2) is 44.9 Å². The number of carboxylic acids is 3.